The molecule has 1 saturated carbocycles. The van der Waals surface area contributed by atoms with Crippen molar-refractivity contribution in [3.63, 3.8) is 0 Å². The smallest absolute Gasteiger partial charge is 0.407 e. The Morgan fingerprint density at radius 3 is 3.23 bits per heavy atom. The summed E-state index contributed by atoms with van der Waals surface area (Å²) in [5.74, 6) is 0.626. The van der Waals surface area contributed by atoms with Crippen molar-refractivity contribution in [3.8, 4) is 0 Å². The van der Waals surface area contributed by atoms with Crippen LogP contribution in [-0.2, 0) is 4.74 Å². The maximum absolute atomic E-state index is 11.1. The van der Waals surface area contributed by atoms with Crippen molar-refractivity contribution in [1.29, 1.82) is 0 Å². The number of hydrogen-bond donors (Lipinski definition) is 1. The summed E-state index contributed by atoms with van der Waals surface area (Å²) in [4.78, 5) is 13.5. The Bertz CT molecular complexity index is 256. The molecule has 2 heterocycles. The van der Waals surface area contributed by atoms with Crippen LogP contribution in [-0.4, -0.2) is 42.3 Å². The topological polar surface area (TPSA) is 41.6 Å². The molecule has 72 valence electrons. The Morgan fingerprint density at radius 2 is 2.54 bits per heavy atom. The first-order valence-corrected chi connectivity index (χ1v) is 5.01. The van der Waals surface area contributed by atoms with Gasteiger partial charge in [0.25, 0.3) is 0 Å². The fraction of sp³-hybridized carbons (Fsp3) is 0.889. The first kappa shape index (κ1) is 7.62. The molecule has 0 aromatic carbocycles. The van der Waals surface area contributed by atoms with Gasteiger partial charge in [-0.15, -0.1) is 0 Å². The minimum absolute atomic E-state index is 0.164. The molecule has 3 fully saturated rings. The Morgan fingerprint density at radius 1 is 1.69 bits per heavy atom. The molecule has 1 aliphatic carbocycles. The summed E-state index contributed by atoms with van der Waals surface area (Å²) in [6.45, 7) is 4.36. The van der Waals surface area contributed by atoms with E-state index in [0.717, 1.165) is 19.5 Å². The molecule has 0 radical (unpaired) electrons. The first-order chi connectivity index (χ1) is 6.29. The first-order valence-electron chi connectivity index (χ1n) is 5.01. The summed E-state index contributed by atoms with van der Waals surface area (Å²) < 4.78 is 5.25. The minimum Gasteiger partial charge on any atom is -0.444 e. The lowest BCUT2D eigenvalue weighted by Crippen LogP contribution is -2.54. The van der Waals surface area contributed by atoms with Crippen LogP contribution < -0.4 is 5.32 Å². The summed E-state index contributed by atoms with van der Waals surface area (Å²) in [5, 5.41) is 2.93. The number of rotatable bonds is 1. The highest BCUT2D eigenvalue weighted by Gasteiger charge is 2.56. The van der Waals surface area contributed by atoms with E-state index in [2.05, 4.69) is 17.1 Å². The summed E-state index contributed by atoms with van der Waals surface area (Å²) in [6.07, 6.45) is 1.01. The Kier molecular flexibility index (Phi) is 1.39. The quantitative estimate of drug-likeness (QED) is 0.629. The zero-order chi connectivity index (χ0) is 9.00. The van der Waals surface area contributed by atoms with Crippen molar-refractivity contribution >= 4 is 6.09 Å². The average molecular weight is 182 g/mol. The lowest BCUT2D eigenvalue weighted by molar-refractivity contribution is 0.0170. The van der Waals surface area contributed by atoms with E-state index < -0.39 is 0 Å². The molecule has 3 aliphatic rings. The van der Waals surface area contributed by atoms with Gasteiger partial charge in [-0.25, -0.2) is 4.79 Å². The van der Waals surface area contributed by atoms with Gasteiger partial charge in [0, 0.05) is 6.54 Å². The lowest BCUT2D eigenvalue weighted by Gasteiger charge is -2.34. The van der Waals surface area contributed by atoms with Crippen LogP contribution in [0.5, 0.6) is 0 Å². The third kappa shape index (κ3) is 0.866. The highest BCUT2D eigenvalue weighted by atomic mass is 16.6. The van der Waals surface area contributed by atoms with E-state index in [1.165, 1.54) is 0 Å². The molecule has 2 saturated heterocycles. The van der Waals surface area contributed by atoms with Gasteiger partial charge in [-0.1, -0.05) is 6.92 Å². The number of piperidine rings is 1. The molecule has 13 heavy (non-hydrogen) atoms. The van der Waals surface area contributed by atoms with Crippen LogP contribution in [0.2, 0.25) is 0 Å². The second-order valence-corrected chi connectivity index (χ2v) is 4.19. The molecule has 4 nitrogen and oxygen atoms in total. The fourth-order valence-electron chi connectivity index (χ4n) is 3.14. The second-order valence-electron chi connectivity index (χ2n) is 4.19. The number of alkyl carbamates (subject to hydrolysis) is 1. The SMILES string of the molecule is CCN1C[C@H]2CC3OC(=O)N[C@H]2[C@@H]31. The van der Waals surface area contributed by atoms with Gasteiger partial charge in [0.2, 0.25) is 0 Å². The summed E-state index contributed by atoms with van der Waals surface area (Å²) >= 11 is 0. The van der Waals surface area contributed by atoms with Crippen molar-refractivity contribution < 1.29 is 9.53 Å². The number of amides is 1. The van der Waals surface area contributed by atoms with Crippen LogP contribution in [0, 0.1) is 5.92 Å². The Balaban J connectivity index is 1.89. The standard InChI is InChI=1S/C9H14N2O2/c1-2-11-4-5-3-6-8(11)7(5)10-9(12)13-6/h5-8H,2-4H2,1H3,(H,10,12)/t5-,6?,7-,8-/m1/s1. The van der Waals surface area contributed by atoms with Gasteiger partial charge in [-0.05, 0) is 18.9 Å². The normalized spacial score (nSPS) is 47.6. The van der Waals surface area contributed by atoms with Crippen molar-refractivity contribution in [2.24, 2.45) is 5.92 Å². The average Bonchev–Trinajstić information content (AvgIpc) is 2.55. The van der Waals surface area contributed by atoms with Crippen molar-refractivity contribution in [3.05, 3.63) is 0 Å². The van der Waals surface area contributed by atoms with Gasteiger partial charge in [0.1, 0.15) is 6.10 Å². The van der Waals surface area contributed by atoms with Gasteiger partial charge in [-0.2, -0.15) is 0 Å². The summed E-state index contributed by atoms with van der Waals surface area (Å²) in [7, 11) is 0. The number of ether oxygens (including phenoxy) is 1. The van der Waals surface area contributed by atoms with Gasteiger partial charge in [0.05, 0.1) is 12.1 Å². The van der Waals surface area contributed by atoms with E-state index in [1.54, 1.807) is 0 Å². The molecule has 4 bridgehead atoms. The van der Waals surface area contributed by atoms with Gasteiger partial charge in [0.15, 0.2) is 0 Å². The van der Waals surface area contributed by atoms with E-state index in [-0.39, 0.29) is 12.2 Å². The second kappa shape index (κ2) is 2.38. The maximum Gasteiger partial charge on any atom is 0.407 e. The molecular weight excluding hydrogens is 168 g/mol. The van der Waals surface area contributed by atoms with Gasteiger partial charge >= 0.3 is 6.09 Å². The fourth-order valence-corrected chi connectivity index (χ4v) is 3.14. The number of carbonyl (C=O) groups excluding carboxylic acids is 1. The van der Waals surface area contributed by atoms with E-state index in [9.17, 15) is 4.79 Å². The van der Waals surface area contributed by atoms with Crippen LogP contribution in [0.4, 0.5) is 4.79 Å². The third-order valence-electron chi connectivity index (χ3n) is 3.63. The molecule has 2 aliphatic heterocycles. The van der Waals surface area contributed by atoms with Crippen LogP contribution in [0.15, 0.2) is 0 Å². The van der Waals surface area contributed by atoms with Crippen LogP contribution in [0.3, 0.4) is 0 Å². The zero-order valence-electron chi connectivity index (χ0n) is 7.69. The van der Waals surface area contributed by atoms with Crippen molar-refractivity contribution in [1.82, 2.24) is 10.2 Å². The Labute approximate surface area is 77.2 Å². The summed E-state index contributed by atoms with van der Waals surface area (Å²) in [5.41, 5.74) is 0. The largest absolute Gasteiger partial charge is 0.444 e. The van der Waals surface area contributed by atoms with Crippen molar-refractivity contribution in [2.75, 3.05) is 13.1 Å². The molecule has 1 unspecified atom stereocenters. The molecule has 4 atom stereocenters. The monoisotopic (exact) mass is 182 g/mol. The highest BCUT2D eigenvalue weighted by molar-refractivity contribution is 5.70. The number of hydrogen-bond acceptors (Lipinski definition) is 3. The molecule has 4 heteroatoms. The number of carbonyl (C=O) groups is 1. The predicted molar refractivity (Wildman–Crippen MR) is 46.3 cm³/mol. The van der Waals surface area contributed by atoms with Gasteiger partial charge < -0.3 is 10.1 Å². The molecule has 0 spiro atoms. The third-order valence-corrected chi connectivity index (χ3v) is 3.63. The van der Waals surface area contributed by atoms with Gasteiger partial charge in [-0.3, -0.25) is 4.90 Å². The molecular formula is C9H14N2O2. The highest BCUT2D eigenvalue weighted by Crippen LogP contribution is 2.41. The number of likely N-dealkylation sites (N-methyl/N-ethyl adjacent to an activating group) is 1. The molecule has 1 amide bonds. The van der Waals surface area contributed by atoms with E-state index in [1.807, 2.05) is 0 Å². The molecule has 0 aromatic heterocycles. The van der Waals surface area contributed by atoms with Crippen LogP contribution in [0.1, 0.15) is 13.3 Å². The molecule has 0 aromatic rings. The number of nitrogens with zero attached hydrogens (tertiary/aromatic N) is 1. The van der Waals surface area contributed by atoms with Crippen molar-refractivity contribution in [2.45, 2.75) is 31.5 Å². The van der Waals surface area contributed by atoms with E-state index in [4.69, 9.17) is 4.74 Å². The minimum atomic E-state index is -0.216. The Hall–Kier alpha value is -0.770. The molecule has 1 N–H and O–H groups in total. The number of likely N-dealkylation sites (tertiary alicyclic amines) is 1. The predicted octanol–water partition coefficient (Wildman–Crippen LogP) is 0.187. The lowest BCUT2D eigenvalue weighted by atomic mass is 10.1. The summed E-state index contributed by atoms with van der Waals surface area (Å²) in [6, 6.07) is 0.818. The maximum atomic E-state index is 11.1. The number of nitrogens with one attached hydrogen (secondary N) is 1. The van der Waals surface area contributed by atoms with E-state index >= 15 is 0 Å². The van der Waals surface area contributed by atoms with E-state index in [0.29, 0.717) is 18.0 Å². The zero-order valence-corrected chi connectivity index (χ0v) is 7.69. The molecule has 3 rings (SSSR count). The van der Waals surface area contributed by atoms with Crippen LogP contribution in [0.25, 0.3) is 0 Å². The van der Waals surface area contributed by atoms with Crippen LogP contribution >= 0.6 is 0 Å².